The Kier molecular flexibility index (Phi) is 6.74. The van der Waals surface area contributed by atoms with Gasteiger partial charge in [-0.25, -0.2) is 9.37 Å². The number of hydrogen-bond donors (Lipinski definition) is 1. The number of aromatic amines is 1. The molecule has 0 bridgehead atoms. The van der Waals surface area contributed by atoms with Gasteiger partial charge in [0.15, 0.2) is 17.4 Å². The van der Waals surface area contributed by atoms with E-state index < -0.39 is 0 Å². The van der Waals surface area contributed by atoms with Crippen LogP contribution in [0, 0.1) is 5.82 Å². The quantitative estimate of drug-likeness (QED) is 0.379. The van der Waals surface area contributed by atoms with Crippen molar-refractivity contribution in [2.75, 3.05) is 45.3 Å². The molecule has 2 aromatic heterocycles. The number of methoxy groups -OCH3 is 2. The molecule has 5 rings (SSSR count). The molecule has 1 aliphatic heterocycles. The highest BCUT2D eigenvalue weighted by atomic mass is 19.1. The van der Waals surface area contributed by atoms with Crippen molar-refractivity contribution in [2.24, 2.45) is 0 Å². The third kappa shape index (κ3) is 4.48. The Hall–Kier alpha value is -4.07. The van der Waals surface area contributed by atoms with Crippen molar-refractivity contribution in [3.8, 4) is 22.6 Å². The molecule has 0 unspecified atom stereocenters. The third-order valence-corrected chi connectivity index (χ3v) is 6.97. The molecule has 3 heterocycles. The van der Waals surface area contributed by atoms with Crippen LogP contribution in [0.25, 0.3) is 22.0 Å². The Morgan fingerprint density at radius 2 is 1.68 bits per heavy atom. The van der Waals surface area contributed by atoms with Crippen molar-refractivity contribution < 1.29 is 18.7 Å². The molecule has 1 aliphatic rings. The molecule has 0 saturated carbocycles. The summed E-state index contributed by atoms with van der Waals surface area (Å²) < 4.78 is 26.7. The molecule has 0 radical (unpaired) electrons. The lowest BCUT2D eigenvalue weighted by Gasteiger charge is -2.35. The van der Waals surface area contributed by atoms with Gasteiger partial charge in [0.05, 0.1) is 19.7 Å². The van der Waals surface area contributed by atoms with Crippen LogP contribution in [0.5, 0.6) is 11.5 Å². The van der Waals surface area contributed by atoms with E-state index in [1.165, 1.54) is 0 Å². The SMILES string of the molecule is COc1ccccc1-c1cc(C(C)C)c(F)c2[nH]c(C(=O)N3CCN(c4ncccc4OC)CC3)cc12. The molecule has 1 fully saturated rings. The number of nitrogens with one attached hydrogen (secondary N) is 1. The monoisotopic (exact) mass is 502 g/mol. The smallest absolute Gasteiger partial charge is 0.270 e. The van der Waals surface area contributed by atoms with Crippen LogP contribution in [0.2, 0.25) is 0 Å². The maximum absolute atomic E-state index is 15.6. The highest BCUT2D eigenvalue weighted by Crippen LogP contribution is 2.39. The number of amides is 1. The first-order valence-electron chi connectivity index (χ1n) is 12.4. The van der Waals surface area contributed by atoms with Crippen LogP contribution in [0.1, 0.15) is 35.8 Å². The maximum Gasteiger partial charge on any atom is 0.270 e. The molecule has 8 heteroatoms. The van der Waals surface area contributed by atoms with Gasteiger partial charge in [0.1, 0.15) is 11.4 Å². The predicted molar refractivity (Wildman–Crippen MR) is 143 cm³/mol. The number of piperazine rings is 1. The molecule has 4 aromatic rings. The van der Waals surface area contributed by atoms with Gasteiger partial charge in [0.25, 0.3) is 5.91 Å². The summed E-state index contributed by atoms with van der Waals surface area (Å²) in [6.45, 7) is 6.21. The Morgan fingerprint density at radius 3 is 2.38 bits per heavy atom. The number of fused-ring (bicyclic) bond motifs is 1. The average Bonchev–Trinajstić information content (AvgIpc) is 3.39. The fourth-order valence-electron chi connectivity index (χ4n) is 4.98. The number of rotatable bonds is 6. The van der Waals surface area contributed by atoms with E-state index in [4.69, 9.17) is 9.47 Å². The number of para-hydroxylation sites is 1. The second kappa shape index (κ2) is 10.1. The minimum absolute atomic E-state index is 0.0306. The molecule has 37 heavy (non-hydrogen) atoms. The van der Waals surface area contributed by atoms with E-state index in [1.807, 2.05) is 56.3 Å². The van der Waals surface area contributed by atoms with Gasteiger partial charge in [0, 0.05) is 43.3 Å². The van der Waals surface area contributed by atoms with Crippen LogP contribution in [0.3, 0.4) is 0 Å². The zero-order valence-corrected chi connectivity index (χ0v) is 21.5. The van der Waals surface area contributed by atoms with Gasteiger partial charge in [-0.1, -0.05) is 32.0 Å². The van der Waals surface area contributed by atoms with Crippen molar-refractivity contribution >= 4 is 22.6 Å². The maximum atomic E-state index is 15.6. The number of carbonyl (C=O) groups is 1. The van der Waals surface area contributed by atoms with Crippen LogP contribution in [-0.2, 0) is 0 Å². The molecule has 1 saturated heterocycles. The Bertz CT molecular complexity index is 1440. The number of carbonyl (C=O) groups excluding carboxylic acids is 1. The summed E-state index contributed by atoms with van der Waals surface area (Å²) in [4.78, 5) is 25.0. The molecule has 0 spiro atoms. The summed E-state index contributed by atoms with van der Waals surface area (Å²) >= 11 is 0. The topological polar surface area (TPSA) is 70.7 Å². The number of pyridine rings is 1. The van der Waals surface area contributed by atoms with E-state index in [0.717, 1.165) is 16.9 Å². The largest absolute Gasteiger partial charge is 0.496 e. The van der Waals surface area contributed by atoms with Crippen LogP contribution < -0.4 is 14.4 Å². The number of ether oxygens (including phenoxy) is 2. The van der Waals surface area contributed by atoms with Gasteiger partial charge in [-0.15, -0.1) is 0 Å². The average molecular weight is 503 g/mol. The molecular weight excluding hydrogens is 471 g/mol. The molecule has 2 aromatic carbocycles. The van der Waals surface area contributed by atoms with Crippen molar-refractivity contribution in [3.63, 3.8) is 0 Å². The predicted octanol–water partition coefficient (Wildman–Crippen LogP) is 5.47. The van der Waals surface area contributed by atoms with E-state index >= 15 is 4.39 Å². The fraction of sp³-hybridized carbons (Fsp3) is 0.310. The standard InChI is InChI=1S/C29H31FN4O3/c1-18(2)20-16-21(19-8-5-6-9-24(19)36-3)22-17-23(32-27(22)26(20)30)29(35)34-14-12-33(13-15-34)28-25(37-4)10-7-11-31-28/h5-11,16-18,32H,12-15H2,1-4H3. The first-order valence-corrected chi connectivity index (χ1v) is 12.4. The molecule has 0 atom stereocenters. The summed E-state index contributed by atoms with van der Waals surface area (Å²) in [6, 6.07) is 15.0. The summed E-state index contributed by atoms with van der Waals surface area (Å²) in [5.74, 6) is 1.66. The Labute approximate surface area is 215 Å². The van der Waals surface area contributed by atoms with E-state index in [-0.39, 0.29) is 17.6 Å². The highest BCUT2D eigenvalue weighted by Gasteiger charge is 2.27. The van der Waals surface area contributed by atoms with Crippen LogP contribution >= 0.6 is 0 Å². The molecule has 1 N–H and O–H groups in total. The summed E-state index contributed by atoms with van der Waals surface area (Å²) in [5, 5.41) is 0.659. The summed E-state index contributed by atoms with van der Waals surface area (Å²) in [7, 11) is 3.24. The molecule has 1 amide bonds. The second-order valence-electron chi connectivity index (χ2n) is 9.46. The minimum Gasteiger partial charge on any atom is -0.496 e. The van der Waals surface area contributed by atoms with Gasteiger partial charge >= 0.3 is 0 Å². The summed E-state index contributed by atoms with van der Waals surface area (Å²) in [5.41, 5.74) is 2.99. The first-order chi connectivity index (χ1) is 17.9. The number of H-pyrrole nitrogens is 1. The third-order valence-electron chi connectivity index (χ3n) is 6.97. The van der Waals surface area contributed by atoms with E-state index in [2.05, 4.69) is 14.9 Å². The second-order valence-corrected chi connectivity index (χ2v) is 9.46. The minimum atomic E-state index is -0.324. The fourth-order valence-corrected chi connectivity index (χ4v) is 4.98. The normalized spacial score (nSPS) is 13.9. The Morgan fingerprint density at radius 1 is 0.973 bits per heavy atom. The zero-order valence-electron chi connectivity index (χ0n) is 21.5. The Balaban J connectivity index is 1.48. The lowest BCUT2D eigenvalue weighted by atomic mass is 9.93. The first kappa shape index (κ1) is 24.6. The van der Waals surface area contributed by atoms with E-state index in [9.17, 15) is 4.79 Å². The number of aromatic nitrogens is 2. The van der Waals surface area contributed by atoms with Crippen molar-refractivity contribution in [2.45, 2.75) is 19.8 Å². The van der Waals surface area contributed by atoms with E-state index in [0.29, 0.717) is 59.8 Å². The van der Waals surface area contributed by atoms with Crippen molar-refractivity contribution in [3.05, 3.63) is 71.8 Å². The van der Waals surface area contributed by atoms with Crippen molar-refractivity contribution in [1.29, 1.82) is 0 Å². The number of halogens is 1. The molecule has 7 nitrogen and oxygen atoms in total. The highest BCUT2D eigenvalue weighted by molar-refractivity contribution is 6.04. The molecule has 192 valence electrons. The van der Waals surface area contributed by atoms with Crippen LogP contribution in [0.15, 0.2) is 54.7 Å². The number of hydrogen-bond acceptors (Lipinski definition) is 5. The van der Waals surface area contributed by atoms with Crippen LogP contribution in [0.4, 0.5) is 10.2 Å². The molecular formula is C29H31FN4O3. The van der Waals surface area contributed by atoms with Gasteiger partial charge < -0.3 is 24.3 Å². The lowest BCUT2D eigenvalue weighted by Crippen LogP contribution is -2.49. The van der Waals surface area contributed by atoms with Gasteiger partial charge in [-0.2, -0.15) is 0 Å². The van der Waals surface area contributed by atoms with Gasteiger partial charge in [-0.05, 0) is 47.4 Å². The zero-order chi connectivity index (χ0) is 26.1. The van der Waals surface area contributed by atoms with E-state index in [1.54, 1.807) is 31.4 Å². The molecule has 0 aliphatic carbocycles. The van der Waals surface area contributed by atoms with Gasteiger partial charge in [0.2, 0.25) is 0 Å². The van der Waals surface area contributed by atoms with Crippen LogP contribution in [-0.4, -0.2) is 61.2 Å². The lowest BCUT2D eigenvalue weighted by molar-refractivity contribution is 0.0741. The number of nitrogens with zero attached hydrogens (tertiary/aromatic N) is 3. The van der Waals surface area contributed by atoms with Gasteiger partial charge in [-0.3, -0.25) is 4.79 Å². The van der Waals surface area contributed by atoms with Crippen molar-refractivity contribution in [1.82, 2.24) is 14.9 Å². The number of anilines is 1. The number of benzene rings is 2. The summed E-state index contributed by atoms with van der Waals surface area (Å²) in [6.07, 6.45) is 1.74.